The van der Waals surface area contributed by atoms with Gasteiger partial charge in [-0.1, -0.05) is 12.1 Å². The normalized spacial score (nSPS) is 16.4. The summed E-state index contributed by atoms with van der Waals surface area (Å²) in [4.78, 5) is 29.1. The lowest BCUT2D eigenvalue weighted by atomic mass is 9.95. The Balaban J connectivity index is 1.75. The molecule has 0 fully saturated rings. The van der Waals surface area contributed by atoms with Gasteiger partial charge in [-0.3, -0.25) is 4.79 Å². The van der Waals surface area contributed by atoms with Crippen LogP contribution < -0.4 is 20.7 Å². The van der Waals surface area contributed by atoms with Gasteiger partial charge in [0.15, 0.2) is 0 Å². The van der Waals surface area contributed by atoms with Crippen LogP contribution in [0.3, 0.4) is 0 Å². The van der Waals surface area contributed by atoms with Crippen LogP contribution in [0.5, 0.6) is 5.75 Å². The van der Waals surface area contributed by atoms with E-state index in [1.165, 1.54) is 0 Å². The average Bonchev–Trinajstić information content (AvgIpc) is 2.98. The van der Waals surface area contributed by atoms with Crippen LogP contribution in [0.1, 0.15) is 30.2 Å². The highest BCUT2D eigenvalue weighted by Gasteiger charge is 2.31. The van der Waals surface area contributed by atoms with Gasteiger partial charge in [-0.25, -0.2) is 14.5 Å². The third-order valence-corrected chi connectivity index (χ3v) is 4.53. The van der Waals surface area contributed by atoms with Gasteiger partial charge in [-0.05, 0) is 38.5 Å². The minimum absolute atomic E-state index is 0.250. The molecule has 148 valence electrons. The molecular weight excluding hydrogens is 360 g/mol. The van der Waals surface area contributed by atoms with E-state index in [9.17, 15) is 9.59 Å². The zero-order valence-corrected chi connectivity index (χ0v) is 16.4. The molecule has 1 aromatic heterocycles. The van der Waals surface area contributed by atoms with Crippen LogP contribution in [0.15, 0.2) is 35.5 Å². The topological polar surface area (TPSA) is 110 Å². The van der Waals surface area contributed by atoms with Crippen molar-refractivity contribution in [3.63, 3.8) is 0 Å². The Morgan fingerprint density at radius 2 is 1.96 bits per heavy atom. The van der Waals surface area contributed by atoms with Gasteiger partial charge in [0.05, 0.1) is 25.3 Å². The maximum absolute atomic E-state index is 12.9. The molecule has 0 spiro atoms. The van der Waals surface area contributed by atoms with Gasteiger partial charge in [0, 0.05) is 12.2 Å². The number of benzene rings is 1. The van der Waals surface area contributed by atoms with Crippen molar-refractivity contribution in [1.82, 2.24) is 30.7 Å². The monoisotopic (exact) mass is 384 g/mol. The van der Waals surface area contributed by atoms with Crippen molar-refractivity contribution in [2.45, 2.75) is 33.4 Å². The molecule has 9 heteroatoms. The predicted molar refractivity (Wildman–Crippen MR) is 103 cm³/mol. The number of rotatable bonds is 6. The number of ether oxygens (including phenoxy) is 1. The van der Waals surface area contributed by atoms with E-state index in [0.717, 1.165) is 11.4 Å². The summed E-state index contributed by atoms with van der Waals surface area (Å²) in [5, 5.41) is 12.7. The molecule has 0 saturated carbocycles. The fourth-order valence-corrected chi connectivity index (χ4v) is 3.18. The molecular formula is C19H24N6O3. The zero-order chi connectivity index (χ0) is 20.3. The first kappa shape index (κ1) is 19.4. The summed E-state index contributed by atoms with van der Waals surface area (Å²) >= 11 is 0. The average molecular weight is 384 g/mol. The number of nitrogens with one attached hydrogen (secondary N) is 3. The minimum Gasteiger partial charge on any atom is -0.497 e. The molecule has 3 amide bonds. The number of carbonyl (C=O) groups excluding carboxylic acids is 2. The second-order valence-corrected chi connectivity index (χ2v) is 6.53. The Bertz CT molecular complexity index is 916. The summed E-state index contributed by atoms with van der Waals surface area (Å²) in [6, 6.07) is 6.36. The molecule has 1 atom stereocenters. The van der Waals surface area contributed by atoms with Crippen LogP contribution in [0.4, 0.5) is 4.79 Å². The van der Waals surface area contributed by atoms with E-state index in [-0.39, 0.29) is 11.9 Å². The number of hydrogen-bond donors (Lipinski definition) is 3. The zero-order valence-electron chi connectivity index (χ0n) is 16.4. The number of methoxy groups -OCH3 is 1. The Kier molecular flexibility index (Phi) is 5.62. The summed E-state index contributed by atoms with van der Waals surface area (Å²) in [6.45, 7) is 6.32. The number of carbonyl (C=O) groups is 2. The molecule has 0 aliphatic carbocycles. The molecule has 1 aliphatic rings. The van der Waals surface area contributed by atoms with E-state index < -0.39 is 6.04 Å². The van der Waals surface area contributed by atoms with Crippen LogP contribution in [0.2, 0.25) is 0 Å². The van der Waals surface area contributed by atoms with Crippen molar-refractivity contribution >= 4 is 11.9 Å². The first-order valence-corrected chi connectivity index (χ1v) is 8.97. The molecule has 0 saturated heterocycles. The fourth-order valence-electron chi connectivity index (χ4n) is 3.18. The van der Waals surface area contributed by atoms with E-state index in [2.05, 4.69) is 26.0 Å². The van der Waals surface area contributed by atoms with E-state index in [1.54, 1.807) is 30.8 Å². The Labute approximate surface area is 163 Å². The Hall–Kier alpha value is -3.36. The van der Waals surface area contributed by atoms with Crippen LogP contribution in [-0.4, -0.2) is 40.4 Å². The maximum Gasteiger partial charge on any atom is 0.319 e. The highest BCUT2D eigenvalue weighted by Crippen LogP contribution is 2.28. The Morgan fingerprint density at radius 3 is 2.57 bits per heavy atom. The van der Waals surface area contributed by atoms with Crippen molar-refractivity contribution in [2.75, 3.05) is 13.7 Å². The lowest BCUT2D eigenvalue weighted by Crippen LogP contribution is -2.47. The van der Waals surface area contributed by atoms with Crippen molar-refractivity contribution in [3.05, 3.63) is 52.7 Å². The van der Waals surface area contributed by atoms with Crippen molar-refractivity contribution in [2.24, 2.45) is 0 Å². The summed E-state index contributed by atoms with van der Waals surface area (Å²) in [6.07, 6.45) is 0. The summed E-state index contributed by atoms with van der Waals surface area (Å²) < 4.78 is 6.92. The van der Waals surface area contributed by atoms with Crippen LogP contribution in [0, 0.1) is 13.8 Å². The SMILES string of the molecule is COc1ccc(C2NC(=O)NC(C)=C2C(=O)NCCn2nc(C)nc2C)cc1. The third-order valence-electron chi connectivity index (χ3n) is 4.53. The number of hydrogen-bond acceptors (Lipinski definition) is 5. The molecule has 0 bridgehead atoms. The Morgan fingerprint density at radius 1 is 1.25 bits per heavy atom. The molecule has 3 rings (SSSR count). The molecule has 0 radical (unpaired) electrons. The molecule has 9 nitrogen and oxygen atoms in total. The molecule has 1 aliphatic heterocycles. The predicted octanol–water partition coefficient (Wildman–Crippen LogP) is 1.35. The van der Waals surface area contributed by atoms with Crippen LogP contribution in [0.25, 0.3) is 0 Å². The van der Waals surface area contributed by atoms with Gasteiger partial charge in [0.25, 0.3) is 5.91 Å². The van der Waals surface area contributed by atoms with Gasteiger partial charge in [-0.15, -0.1) is 0 Å². The second kappa shape index (κ2) is 8.12. The standard InChI is InChI=1S/C19H24N6O3/c1-11-16(18(26)20-9-10-25-13(3)22-12(2)24-25)17(23-19(27)21-11)14-5-7-15(28-4)8-6-14/h5-8,17H,9-10H2,1-4H3,(H,20,26)(H2,21,23,27). The van der Waals surface area contributed by atoms with Crippen molar-refractivity contribution < 1.29 is 14.3 Å². The fraction of sp³-hybridized carbons (Fsp3) is 0.368. The van der Waals surface area contributed by atoms with Crippen molar-refractivity contribution in [3.8, 4) is 5.75 Å². The largest absolute Gasteiger partial charge is 0.497 e. The van der Waals surface area contributed by atoms with Crippen LogP contribution in [-0.2, 0) is 11.3 Å². The molecule has 3 N–H and O–H groups in total. The molecule has 2 heterocycles. The van der Waals surface area contributed by atoms with Gasteiger partial charge in [-0.2, -0.15) is 5.10 Å². The summed E-state index contributed by atoms with van der Waals surface area (Å²) in [7, 11) is 1.59. The van der Waals surface area contributed by atoms with Gasteiger partial charge in [0.2, 0.25) is 0 Å². The number of urea groups is 1. The molecule has 28 heavy (non-hydrogen) atoms. The summed E-state index contributed by atoms with van der Waals surface area (Å²) in [5.41, 5.74) is 1.79. The van der Waals surface area contributed by atoms with Crippen molar-refractivity contribution in [1.29, 1.82) is 0 Å². The van der Waals surface area contributed by atoms with Gasteiger partial charge >= 0.3 is 6.03 Å². The highest BCUT2D eigenvalue weighted by molar-refractivity contribution is 5.98. The third kappa shape index (κ3) is 4.13. The highest BCUT2D eigenvalue weighted by atomic mass is 16.5. The van der Waals surface area contributed by atoms with E-state index in [0.29, 0.717) is 35.9 Å². The second-order valence-electron chi connectivity index (χ2n) is 6.53. The number of aryl methyl sites for hydroxylation is 2. The van der Waals surface area contributed by atoms with E-state index in [4.69, 9.17) is 4.74 Å². The molecule has 1 aromatic carbocycles. The first-order chi connectivity index (χ1) is 13.4. The minimum atomic E-state index is -0.546. The molecule has 2 aromatic rings. The number of amides is 3. The van der Waals surface area contributed by atoms with Gasteiger partial charge < -0.3 is 20.7 Å². The smallest absolute Gasteiger partial charge is 0.319 e. The lowest BCUT2D eigenvalue weighted by molar-refractivity contribution is -0.118. The number of allylic oxidation sites excluding steroid dienone is 1. The maximum atomic E-state index is 12.9. The lowest BCUT2D eigenvalue weighted by Gasteiger charge is -2.28. The van der Waals surface area contributed by atoms with Gasteiger partial charge in [0.1, 0.15) is 17.4 Å². The first-order valence-electron chi connectivity index (χ1n) is 8.97. The van der Waals surface area contributed by atoms with E-state index >= 15 is 0 Å². The summed E-state index contributed by atoms with van der Waals surface area (Å²) in [5.74, 6) is 1.94. The number of nitrogens with zero attached hydrogens (tertiary/aromatic N) is 3. The number of aromatic nitrogens is 3. The van der Waals surface area contributed by atoms with Crippen LogP contribution >= 0.6 is 0 Å². The quantitative estimate of drug-likeness (QED) is 0.696. The van der Waals surface area contributed by atoms with E-state index in [1.807, 2.05) is 26.0 Å². The molecule has 1 unspecified atom stereocenters.